The highest BCUT2D eigenvalue weighted by molar-refractivity contribution is 9.10. The number of carbonyl (C=O) groups excluding carboxylic acids is 1. The molecule has 0 aromatic heterocycles. The molecule has 18 heavy (non-hydrogen) atoms. The zero-order chi connectivity index (χ0) is 13.9. The average molecular weight is 316 g/mol. The molecule has 0 unspecified atom stereocenters. The Morgan fingerprint density at radius 1 is 1.39 bits per heavy atom. The van der Waals surface area contributed by atoms with Crippen LogP contribution in [0.1, 0.15) is 20.8 Å². The molecule has 0 atom stereocenters. The van der Waals surface area contributed by atoms with Gasteiger partial charge in [0.2, 0.25) is 0 Å². The molecule has 0 aliphatic heterocycles. The van der Waals surface area contributed by atoms with E-state index < -0.39 is 10.3 Å². The quantitative estimate of drug-likeness (QED) is 0.631. The van der Waals surface area contributed by atoms with E-state index in [1.165, 1.54) is 12.1 Å². The summed E-state index contributed by atoms with van der Waals surface area (Å²) in [7, 11) is 0. The number of ether oxygens (including phenoxy) is 1. The Morgan fingerprint density at radius 2 is 2.00 bits per heavy atom. The molecule has 1 aromatic carbocycles. The third-order valence-electron chi connectivity index (χ3n) is 2.27. The molecule has 0 spiro atoms. The summed E-state index contributed by atoms with van der Waals surface area (Å²) in [6.07, 6.45) is 0. The summed E-state index contributed by atoms with van der Waals surface area (Å²) in [6.45, 7) is 5.28. The van der Waals surface area contributed by atoms with Crippen molar-refractivity contribution in [3.05, 3.63) is 32.8 Å². The SMILES string of the molecule is CC(C)(C)C(=O)COc1cc(Br)cc([N+](=O)[O-])c1. The highest BCUT2D eigenvalue weighted by atomic mass is 79.9. The minimum Gasteiger partial charge on any atom is -0.486 e. The highest BCUT2D eigenvalue weighted by Gasteiger charge is 2.21. The van der Waals surface area contributed by atoms with Crippen molar-refractivity contribution in [3.63, 3.8) is 0 Å². The zero-order valence-corrected chi connectivity index (χ0v) is 12.0. The van der Waals surface area contributed by atoms with Crippen LogP contribution in [0.5, 0.6) is 5.75 Å². The second kappa shape index (κ2) is 5.48. The van der Waals surface area contributed by atoms with Crippen LogP contribution in [-0.4, -0.2) is 17.3 Å². The number of hydrogen-bond donors (Lipinski definition) is 0. The molecule has 1 aromatic rings. The lowest BCUT2D eigenvalue weighted by atomic mass is 9.91. The maximum absolute atomic E-state index is 11.7. The van der Waals surface area contributed by atoms with E-state index in [2.05, 4.69) is 15.9 Å². The van der Waals surface area contributed by atoms with E-state index in [-0.39, 0.29) is 18.1 Å². The Morgan fingerprint density at radius 3 is 2.50 bits per heavy atom. The Bertz CT molecular complexity index is 479. The predicted octanol–water partition coefficient (Wildman–Crippen LogP) is 3.35. The number of nitro benzene ring substituents is 1. The van der Waals surface area contributed by atoms with E-state index in [0.29, 0.717) is 10.2 Å². The molecule has 0 fully saturated rings. The van der Waals surface area contributed by atoms with Crippen molar-refractivity contribution in [2.24, 2.45) is 5.41 Å². The van der Waals surface area contributed by atoms with Crippen molar-refractivity contribution in [2.75, 3.05) is 6.61 Å². The van der Waals surface area contributed by atoms with E-state index >= 15 is 0 Å². The summed E-state index contributed by atoms with van der Waals surface area (Å²) in [5.41, 5.74) is -0.569. The average Bonchev–Trinajstić information content (AvgIpc) is 2.23. The van der Waals surface area contributed by atoms with Crippen LogP contribution >= 0.6 is 15.9 Å². The lowest BCUT2D eigenvalue weighted by Gasteiger charge is -2.16. The normalized spacial score (nSPS) is 11.1. The lowest BCUT2D eigenvalue weighted by molar-refractivity contribution is -0.385. The standard InChI is InChI=1S/C12H14BrNO4/c1-12(2,3)11(15)7-18-10-5-8(13)4-9(6-10)14(16)17/h4-6H,7H2,1-3H3. The number of hydrogen-bond acceptors (Lipinski definition) is 4. The van der Waals surface area contributed by atoms with Crippen molar-refractivity contribution in [3.8, 4) is 5.75 Å². The van der Waals surface area contributed by atoms with E-state index in [1.807, 2.05) is 0 Å². The summed E-state index contributed by atoms with van der Waals surface area (Å²) < 4.78 is 5.82. The molecule has 0 N–H and O–H groups in total. The van der Waals surface area contributed by atoms with Gasteiger partial charge in [-0.2, -0.15) is 0 Å². The molecule has 0 radical (unpaired) electrons. The number of halogens is 1. The van der Waals surface area contributed by atoms with Gasteiger partial charge in [-0.15, -0.1) is 0 Å². The Kier molecular flexibility index (Phi) is 4.45. The summed E-state index contributed by atoms with van der Waals surface area (Å²) in [5, 5.41) is 10.7. The van der Waals surface area contributed by atoms with Crippen molar-refractivity contribution in [2.45, 2.75) is 20.8 Å². The number of non-ortho nitro benzene ring substituents is 1. The molecule has 0 aliphatic rings. The monoisotopic (exact) mass is 315 g/mol. The van der Waals surface area contributed by atoms with Gasteiger partial charge >= 0.3 is 0 Å². The fourth-order valence-corrected chi connectivity index (χ4v) is 1.56. The lowest BCUT2D eigenvalue weighted by Crippen LogP contribution is -2.26. The van der Waals surface area contributed by atoms with Gasteiger partial charge in [0.15, 0.2) is 5.78 Å². The molecule has 0 saturated carbocycles. The van der Waals surface area contributed by atoms with Crippen LogP contribution in [0.3, 0.4) is 0 Å². The summed E-state index contributed by atoms with van der Waals surface area (Å²) >= 11 is 3.16. The van der Waals surface area contributed by atoms with Crippen LogP contribution in [-0.2, 0) is 4.79 Å². The molecular weight excluding hydrogens is 302 g/mol. The zero-order valence-electron chi connectivity index (χ0n) is 10.4. The molecule has 6 heteroatoms. The van der Waals surface area contributed by atoms with Crippen LogP contribution in [0, 0.1) is 15.5 Å². The van der Waals surface area contributed by atoms with Crippen LogP contribution in [0.2, 0.25) is 0 Å². The minimum absolute atomic E-state index is 0.0647. The number of carbonyl (C=O) groups is 1. The number of nitrogens with zero attached hydrogens (tertiary/aromatic N) is 1. The molecule has 0 aliphatic carbocycles. The van der Waals surface area contributed by atoms with Gasteiger partial charge in [-0.05, 0) is 6.07 Å². The number of nitro groups is 1. The van der Waals surface area contributed by atoms with E-state index in [9.17, 15) is 14.9 Å². The molecule has 0 bridgehead atoms. The Hall–Kier alpha value is -1.43. The van der Waals surface area contributed by atoms with Gasteiger partial charge in [-0.1, -0.05) is 36.7 Å². The van der Waals surface area contributed by atoms with Crippen molar-refractivity contribution in [1.29, 1.82) is 0 Å². The predicted molar refractivity (Wildman–Crippen MR) is 70.8 cm³/mol. The summed E-state index contributed by atoms with van der Waals surface area (Å²) in [4.78, 5) is 21.8. The number of rotatable bonds is 4. The van der Waals surface area contributed by atoms with Gasteiger partial charge < -0.3 is 4.74 Å². The summed E-state index contributed by atoms with van der Waals surface area (Å²) in [6, 6.07) is 4.25. The first-order chi connectivity index (χ1) is 8.20. The second-order valence-electron chi connectivity index (χ2n) is 4.86. The molecule has 98 valence electrons. The molecule has 0 heterocycles. The van der Waals surface area contributed by atoms with E-state index in [0.717, 1.165) is 0 Å². The van der Waals surface area contributed by atoms with Gasteiger partial charge in [0.05, 0.1) is 11.0 Å². The first kappa shape index (κ1) is 14.6. The molecule has 0 saturated heterocycles. The van der Waals surface area contributed by atoms with Crippen LogP contribution in [0.4, 0.5) is 5.69 Å². The molecule has 5 nitrogen and oxygen atoms in total. The van der Waals surface area contributed by atoms with Crippen molar-refractivity contribution < 1.29 is 14.5 Å². The first-order valence-corrected chi connectivity index (χ1v) is 6.10. The highest BCUT2D eigenvalue weighted by Crippen LogP contribution is 2.26. The van der Waals surface area contributed by atoms with Gasteiger partial charge in [0, 0.05) is 16.0 Å². The number of ketones is 1. The molecule has 1 rings (SSSR count). The number of Topliss-reactive ketones (excluding diaryl/α,β-unsaturated/α-hetero) is 1. The van der Waals surface area contributed by atoms with E-state index in [1.54, 1.807) is 26.8 Å². The van der Waals surface area contributed by atoms with Crippen LogP contribution < -0.4 is 4.74 Å². The first-order valence-electron chi connectivity index (χ1n) is 5.31. The van der Waals surface area contributed by atoms with Crippen molar-refractivity contribution in [1.82, 2.24) is 0 Å². The minimum atomic E-state index is -0.511. The Balaban J connectivity index is 2.80. The third kappa shape index (κ3) is 4.10. The fourth-order valence-electron chi connectivity index (χ4n) is 1.10. The number of benzene rings is 1. The molecular formula is C12H14BrNO4. The summed E-state index contributed by atoms with van der Waals surface area (Å²) in [5.74, 6) is 0.235. The third-order valence-corrected chi connectivity index (χ3v) is 2.73. The van der Waals surface area contributed by atoms with Crippen LogP contribution in [0.15, 0.2) is 22.7 Å². The molecule has 0 amide bonds. The van der Waals surface area contributed by atoms with Gasteiger partial charge in [0.25, 0.3) is 5.69 Å². The smallest absolute Gasteiger partial charge is 0.274 e. The maximum Gasteiger partial charge on any atom is 0.274 e. The van der Waals surface area contributed by atoms with Gasteiger partial charge in [-0.25, -0.2) is 0 Å². The fraction of sp³-hybridized carbons (Fsp3) is 0.417. The Labute approximate surface area is 113 Å². The van der Waals surface area contributed by atoms with Gasteiger partial charge in [-0.3, -0.25) is 14.9 Å². The van der Waals surface area contributed by atoms with Crippen LogP contribution in [0.25, 0.3) is 0 Å². The van der Waals surface area contributed by atoms with Crippen molar-refractivity contribution >= 4 is 27.4 Å². The van der Waals surface area contributed by atoms with Gasteiger partial charge in [0.1, 0.15) is 12.4 Å². The van der Waals surface area contributed by atoms with E-state index in [4.69, 9.17) is 4.74 Å². The topological polar surface area (TPSA) is 69.4 Å². The largest absolute Gasteiger partial charge is 0.486 e. The second-order valence-corrected chi connectivity index (χ2v) is 5.78. The maximum atomic E-state index is 11.7.